The number of benzene rings is 2. The van der Waals surface area contributed by atoms with Crippen molar-refractivity contribution < 1.29 is 0 Å². The first kappa shape index (κ1) is 15.7. The van der Waals surface area contributed by atoms with Gasteiger partial charge in [-0.25, -0.2) is 0 Å². The summed E-state index contributed by atoms with van der Waals surface area (Å²) in [6.45, 7) is 1.14. The van der Waals surface area contributed by atoms with Crippen molar-refractivity contribution in [2.24, 2.45) is 0 Å². The molecule has 0 bridgehead atoms. The molecule has 108 valence electrons. The molecule has 0 fully saturated rings. The van der Waals surface area contributed by atoms with E-state index in [9.17, 15) is 0 Å². The molecule has 0 aliphatic carbocycles. The van der Waals surface area contributed by atoms with E-state index in [-0.39, 0.29) is 0 Å². The molecule has 2 aromatic carbocycles. The zero-order valence-corrected chi connectivity index (χ0v) is 14.8. The van der Waals surface area contributed by atoms with Gasteiger partial charge in [0.15, 0.2) is 0 Å². The molecule has 0 saturated carbocycles. The first-order valence-corrected chi connectivity index (χ1v) is 11.5. The third-order valence-electron chi connectivity index (χ3n) is 3.59. The molecule has 0 N–H and O–H groups in total. The zero-order valence-electron chi connectivity index (χ0n) is 12.2. The summed E-state index contributed by atoms with van der Waals surface area (Å²) >= 11 is 4.17. The van der Waals surface area contributed by atoms with Crippen molar-refractivity contribution in [2.75, 3.05) is 26.8 Å². The Labute approximate surface area is 131 Å². The molecule has 0 aliphatic heterocycles. The molecule has 1 nitrogen and oxygen atoms in total. The van der Waals surface area contributed by atoms with E-state index in [1.807, 2.05) is 0 Å². The van der Waals surface area contributed by atoms with Gasteiger partial charge in [0.2, 0.25) is 0 Å². The Morgan fingerprint density at radius 2 is 1.30 bits per heavy atom. The fourth-order valence-electron chi connectivity index (χ4n) is 2.50. The summed E-state index contributed by atoms with van der Waals surface area (Å²) in [7, 11) is 4.28. The molecule has 0 radical (unpaired) electrons. The Kier molecular flexibility index (Phi) is 5.77. The quantitative estimate of drug-likeness (QED) is 0.718. The normalized spacial score (nSPS) is 12.6. The van der Waals surface area contributed by atoms with E-state index in [0.29, 0.717) is 0 Å². The van der Waals surface area contributed by atoms with Gasteiger partial charge in [0.25, 0.3) is 0 Å². The maximum atomic E-state index is 4.17. The van der Waals surface area contributed by atoms with Crippen LogP contribution in [-0.2, 0) is 0 Å². The minimum atomic E-state index is -1.78. The van der Waals surface area contributed by atoms with E-state index in [4.69, 9.17) is 0 Å². The average Bonchev–Trinajstić information content (AvgIpc) is 2.48. The molecule has 0 amide bonds. The van der Waals surface area contributed by atoms with Crippen LogP contribution in [0.3, 0.4) is 0 Å². The van der Waals surface area contributed by atoms with Gasteiger partial charge in [0.05, 0.1) is 0 Å². The van der Waals surface area contributed by atoms with Crippen LogP contribution in [-0.4, -0.2) is 31.7 Å². The molecule has 0 heterocycles. The third-order valence-corrected chi connectivity index (χ3v) is 11.1. The zero-order chi connectivity index (χ0) is 14.4. The fourth-order valence-corrected chi connectivity index (χ4v) is 7.92. The van der Waals surface area contributed by atoms with Crippen LogP contribution in [0, 0.1) is 0 Å². The van der Waals surface area contributed by atoms with Crippen molar-refractivity contribution in [3.63, 3.8) is 0 Å². The van der Waals surface area contributed by atoms with E-state index in [0.717, 1.165) is 6.54 Å². The number of halogens is 1. The maximum absolute atomic E-state index is 4.17. The van der Waals surface area contributed by atoms with Crippen LogP contribution >= 0.6 is 21.5 Å². The van der Waals surface area contributed by atoms with Gasteiger partial charge in [0.1, 0.15) is 0 Å². The number of rotatable bonds is 6. The number of hydrogen-bond donors (Lipinski definition) is 0. The van der Waals surface area contributed by atoms with Crippen molar-refractivity contribution in [1.82, 2.24) is 4.90 Å². The van der Waals surface area contributed by atoms with Gasteiger partial charge in [-0.3, -0.25) is 0 Å². The van der Waals surface area contributed by atoms with Crippen LogP contribution in [0.4, 0.5) is 0 Å². The molecule has 0 saturated heterocycles. The van der Waals surface area contributed by atoms with Crippen LogP contribution in [0.25, 0.3) is 0 Å². The average molecular weight is 352 g/mol. The summed E-state index contributed by atoms with van der Waals surface area (Å²) in [6, 6.07) is 21.8. The third kappa shape index (κ3) is 3.91. The van der Waals surface area contributed by atoms with Gasteiger partial charge in [-0.2, -0.15) is 0 Å². The summed E-state index contributed by atoms with van der Waals surface area (Å²) < 4.78 is 0. The summed E-state index contributed by atoms with van der Waals surface area (Å²) in [4.78, 5) is 2.26. The number of nitrogens with zero attached hydrogens (tertiary/aromatic N) is 1. The summed E-state index contributed by atoms with van der Waals surface area (Å²) in [5.41, 5.74) is 0. The monoisotopic (exact) mass is 351 g/mol. The SMILES string of the molecule is CN(C)CCC[PH](Br)(c1ccccc1)c1ccccc1. The Morgan fingerprint density at radius 1 is 0.850 bits per heavy atom. The standard InChI is InChI=1S/C17H23BrNP/c1-19(2)14-9-15-20(18,16-10-5-3-6-11-16)17-12-7-4-8-13-17/h3-8,10-13,20H,9,14-15H2,1-2H3. The van der Waals surface area contributed by atoms with Gasteiger partial charge in [-0.1, -0.05) is 0 Å². The second-order valence-corrected chi connectivity index (χ2v) is 12.8. The number of hydrogen-bond acceptors (Lipinski definition) is 1. The predicted octanol–water partition coefficient (Wildman–Crippen LogP) is 3.65. The van der Waals surface area contributed by atoms with Crippen LogP contribution in [0.2, 0.25) is 0 Å². The van der Waals surface area contributed by atoms with E-state index in [1.54, 1.807) is 0 Å². The van der Waals surface area contributed by atoms with E-state index < -0.39 is 5.96 Å². The fraction of sp³-hybridized carbons (Fsp3) is 0.294. The van der Waals surface area contributed by atoms with Crippen molar-refractivity contribution >= 4 is 32.1 Å². The van der Waals surface area contributed by atoms with E-state index in [2.05, 4.69) is 95.1 Å². The van der Waals surface area contributed by atoms with Gasteiger partial charge in [0, 0.05) is 0 Å². The van der Waals surface area contributed by atoms with Crippen LogP contribution in [0.5, 0.6) is 0 Å². The molecule has 0 spiro atoms. The van der Waals surface area contributed by atoms with Crippen LogP contribution in [0.15, 0.2) is 60.7 Å². The van der Waals surface area contributed by atoms with Crippen LogP contribution < -0.4 is 10.6 Å². The Balaban J connectivity index is 2.29. The summed E-state index contributed by atoms with van der Waals surface area (Å²) in [5, 5.41) is 2.93. The van der Waals surface area contributed by atoms with E-state index in [1.165, 1.54) is 23.2 Å². The van der Waals surface area contributed by atoms with Crippen molar-refractivity contribution in [3.8, 4) is 0 Å². The molecule has 2 rings (SSSR count). The predicted molar refractivity (Wildman–Crippen MR) is 97.4 cm³/mol. The second kappa shape index (κ2) is 7.36. The Bertz CT molecular complexity index is 474. The van der Waals surface area contributed by atoms with Gasteiger partial charge >= 0.3 is 131 Å². The minimum absolute atomic E-state index is 1.14. The Morgan fingerprint density at radius 3 is 1.70 bits per heavy atom. The second-order valence-electron chi connectivity index (χ2n) is 5.44. The van der Waals surface area contributed by atoms with Gasteiger partial charge in [-0.05, 0) is 0 Å². The summed E-state index contributed by atoms with van der Waals surface area (Å²) in [6.07, 6.45) is 2.44. The summed E-state index contributed by atoms with van der Waals surface area (Å²) in [5.74, 6) is -1.78. The molecule has 0 unspecified atom stereocenters. The molecular formula is C17H23BrNP. The Hall–Kier alpha value is -0.690. The molecule has 0 aliphatic rings. The molecular weight excluding hydrogens is 329 g/mol. The molecule has 3 heteroatoms. The first-order chi connectivity index (χ1) is 9.63. The van der Waals surface area contributed by atoms with Crippen molar-refractivity contribution in [2.45, 2.75) is 6.42 Å². The molecule has 2 aromatic rings. The van der Waals surface area contributed by atoms with Gasteiger partial charge in [-0.15, -0.1) is 0 Å². The van der Waals surface area contributed by atoms with E-state index >= 15 is 0 Å². The van der Waals surface area contributed by atoms with Crippen molar-refractivity contribution in [3.05, 3.63) is 60.7 Å². The molecule has 20 heavy (non-hydrogen) atoms. The first-order valence-electron chi connectivity index (χ1n) is 7.07. The molecule has 0 aromatic heterocycles. The molecule has 0 atom stereocenters. The topological polar surface area (TPSA) is 3.24 Å². The van der Waals surface area contributed by atoms with Crippen LogP contribution in [0.1, 0.15) is 6.42 Å². The van der Waals surface area contributed by atoms with Crippen molar-refractivity contribution in [1.29, 1.82) is 0 Å². The van der Waals surface area contributed by atoms with Gasteiger partial charge < -0.3 is 0 Å².